The van der Waals surface area contributed by atoms with Gasteiger partial charge in [0.1, 0.15) is 11.8 Å². The van der Waals surface area contributed by atoms with Gasteiger partial charge in [0.25, 0.3) is 0 Å². The van der Waals surface area contributed by atoms with Crippen LogP contribution in [-0.4, -0.2) is 7.11 Å². The van der Waals surface area contributed by atoms with Crippen LogP contribution in [0.25, 0.3) is 6.08 Å². The molecule has 0 saturated carbocycles. The Bertz CT molecular complexity index is 418. The molecule has 2 nitrogen and oxygen atoms in total. The molecule has 0 atom stereocenters. The topological polar surface area (TPSA) is 33.0 Å². The van der Waals surface area contributed by atoms with E-state index in [1.54, 1.807) is 13.2 Å². The second kappa shape index (κ2) is 4.47. The van der Waals surface area contributed by atoms with Crippen LogP contribution in [-0.2, 0) is 0 Å². The van der Waals surface area contributed by atoms with Gasteiger partial charge in [0.05, 0.1) is 16.2 Å². The summed E-state index contributed by atoms with van der Waals surface area (Å²) in [5, 5.41) is 8.95. The first-order valence-electron chi connectivity index (χ1n) is 4.05. The zero-order chi connectivity index (χ0) is 10.7. The fourth-order valence-electron chi connectivity index (χ4n) is 1.28. The zero-order valence-corrected chi connectivity index (χ0v) is 10.3. The second-order valence-corrected chi connectivity index (χ2v) is 3.90. The Balaban J connectivity index is 3.57. The lowest BCUT2D eigenvalue weighted by Crippen LogP contribution is -1.96. The lowest BCUT2D eigenvalue weighted by Gasteiger charge is -2.10. The van der Waals surface area contributed by atoms with Gasteiger partial charge in [-0.25, -0.2) is 0 Å². The normalized spacial score (nSPS) is 9.29. The highest BCUT2D eigenvalue weighted by molar-refractivity contribution is 14.1. The quantitative estimate of drug-likeness (QED) is 0.786. The van der Waals surface area contributed by atoms with E-state index in [0.29, 0.717) is 5.56 Å². The van der Waals surface area contributed by atoms with E-state index < -0.39 is 0 Å². The maximum atomic E-state index is 8.95. The maximum absolute atomic E-state index is 8.95. The third-order valence-corrected chi connectivity index (χ3v) is 3.01. The Hall–Kier alpha value is -1.02. The van der Waals surface area contributed by atoms with Crippen LogP contribution >= 0.6 is 22.6 Å². The number of aryl methyl sites for hydroxylation is 1. The minimum atomic E-state index is 0.674. The molecule has 0 spiro atoms. The summed E-state index contributed by atoms with van der Waals surface area (Å²) in [7, 11) is 1.60. The number of methoxy groups -OCH3 is 1. The van der Waals surface area contributed by atoms with E-state index in [0.717, 1.165) is 20.4 Å². The van der Waals surface area contributed by atoms with Crippen molar-refractivity contribution in [2.24, 2.45) is 0 Å². The number of nitriles is 1. The molecule has 0 heterocycles. The van der Waals surface area contributed by atoms with Crippen molar-refractivity contribution in [3.63, 3.8) is 0 Å². The first-order valence-corrected chi connectivity index (χ1v) is 5.13. The molecule has 0 fully saturated rings. The lowest BCUT2D eigenvalue weighted by atomic mass is 10.0. The van der Waals surface area contributed by atoms with Crippen molar-refractivity contribution in [1.82, 2.24) is 0 Å². The molecule has 1 aromatic rings. The van der Waals surface area contributed by atoms with Crippen LogP contribution in [0, 0.1) is 21.8 Å². The highest BCUT2D eigenvalue weighted by Gasteiger charge is 2.12. The standard InChI is InChI=1S/C11H10INO/c1-4-8-5-7(2)9(6-13)10(12)11(8)14-3/h4-5H,1H2,2-3H3. The van der Waals surface area contributed by atoms with Gasteiger partial charge in [-0.15, -0.1) is 0 Å². The fourth-order valence-corrected chi connectivity index (χ4v) is 2.36. The number of nitrogens with zero attached hydrogens (tertiary/aromatic N) is 1. The second-order valence-electron chi connectivity index (χ2n) is 2.82. The van der Waals surface area contributed by atoms with Crippen LogP contribution in [0.15, 0.2) is 12.6 Å². The van der Waals surface area contributed by atoms with Gasteiger partial charge >= 0.3 is 0 Å². The van der Waals surface area contributed by atoms with Gasteiger partial charge in [0, 0.05) is 5.56 Å². The summed E-state index contributed by atoms with van der Waals surface area (Å²) < 4.78 is 6.08. The number of hydrogen-bond donors (Lipinski definition) is 0. The number of benzene rings is 1. The van der Waals surface area contributed by atoms with Gasteiger partial charge in [-0.3, -0.25) is 0 Å². The Labute approximate surface area is 97.3 Å². The molecule has 72 valence electrons. The molecular weight excluding hydrogens is 289 g/mol. The average Bonchev–Trinajstić information content (AvgIpc) is 2.17. The van der Waals surface area contributed by atoms with Crippen molar-refractivity contribution in [2.75, 3.05) is 7.11 Å². The van der Waals surface area contributed by atoms with Crippen molar-refractivity contribution >= 4 is 28.7 Å². The van der Waals surface area contributed by atoms with Gasteiger partial charge in [0.2, 0.25) is 0 Å². The summed E-state index contributed by atoms with van der Waals surface area (Å²) in [5.74, 6) is 0.725. The van der Waals surface area contributed by atoms with Crippen LogP contribution < -0.4 is 4.74 Å². The van der Waals surface area contributed by atoms with Crippen LogP contribution in [0.2, 0.25) is 0 Å². The molecule has 3 heteroatoms. The van der Waals surface area contributed by atoms with E-state index in [9.17, 15) is 0 Å². The molecule has 0 aliphatic heterocycles. The number of rotatable bonds is 2. The molecule has 0 radical (unpaired) electrons. The molecule has 0 unspecified atom stereocenters. The summed E-state index contributed by atoms with van der Waals surface area (Å²) >= 11 is 2.12. The smallest absolute Gasteiger partial charge is 0.140 e. The molecule has 1 rings (SSSR count). The van der Waals surface area contributed by atoms with Gasteiger partial charge in [0.15, 0.2) is 0 Å². The number of halogens is 1. The van der Waals surface area contributed by atoms with Crippen LogP contribution in [0.1, 0.15) is 16.7 Å². The molecule has 0 amide bonds. The summed E-state index contributed by atoms with van der Waals surface area (Å²) in [4.78, 5) is 0. The summed E-state index contributed by atoms with van der Waals surface area (Å²) in [5.41, 5.74) is 2.55. The predicted octanol–water partition coefficient (Wildman–Crippen LogP) is 3.12. The highest BCUT2D eigenvalue weighted by Crippen LogP contribution is 2.31. The fraction of sp³-hybridized carbons (Fsp3) is 0.182. The SMILES string of the molecule is C=Cc1cc(C)c(C#N)c(I)c1OC. The third kappa shape index (κ3) is 1.75. The van der Waals surface area contributed by atoms with Crippen molar-refractivity contribution < 1.29 is 4.74 Å². The van der Waals surface area contributed by atoms with E-state index in [2.05, 4.69) is 35.2 Å². The number of ether oxygens (including phenoxy) is 1. The molecule has 14 heavy (non-hydrogen) atoms. The molecule has 0 aliphatic rings. The lowest BCUT2D eigenvalue weighted by molar-refractivity contribution is 0.410. The molecule has 0 aromatic heterocycles. The predicted molar refractivity (Wildman–Crippen MR) is 65.3 cm³/mol. The van der Waals surface area contributed by atoms with Gasteiger partial charge in [-0.1, -0.05) is 12.7 Å². The van der Waals surface area contributed by atoms with E-state index >= 15 is 0 Å². The van der Waals surface area contributed by atoms with Gasteiger partial charge in [-0.2, -0.15) is 5.26 Å². The van der Waals surface area contributed by atoms with E-state index in [-0.39, 0.29) is 0 Å². The third-order valence-electron chi connectivity index (χ3n) is 1.98. The summed E-state index contributed by atoms with van der Waals surface area (Å²) in [6.07, 6.45) is 1.73. The Kier molecular flexibility index (Phi) is 3.53. The molecule has 1 aromatic carbocycles. The number of hydrogen-bond acceptors (Lipinski definition) is 2. The van der Waals surface area contributed by atoms with E-state index in [4.69, 9.17) is 10.00 Å². The van der Waals surface area contributed by atoms with Crippen molar-refractivity contribution in [3.05, 3.63) is 32.9 Å². The Morgan fingerprint density at radius 3 is 2.71 bits per heavy atom. The van der Waals surface area contributed by atoms with Crippen molar-refractivity contribution in [2.45, 2.75) is 6.92 Å². The Morgan fingerprint density at radius 2 is 2.29 bits per heavy atom. The largest absolute Gasteiger partial charge is 0.495 e. The minimum absolute atomic E-state index is 0.674. The van der Waals surface area contributed by atoms with Crippen molar-refractivity contribution in [1.29, 1.82) is 5.26 Å². The maximum Gasteiger partial charge on any atom is 0.140 e. The zero-order valence-electron chi connectivity index (χ0n) is 8.10. The van der Waals surface area contributed by atoms with Gasteiger partial charge < -0.3 is 4.74 Å². The molecular formula is C11H10INO. The van der Waals surface area contributed by atoms with E-state index in [1.807, 2.05) is 13.0 Å². The minimum Gasteiger partial charge on any atom is -0.495 e. The van der Waals surface area contributed by atoms with Crippen molar-refractivity contribution in [3.8, 4) is 11.8 Å². The van der Waals surface area contributed by atoms with E-state index in [1.165, 1.54) is 0 Å². The summed E-state index contributed by atoms with van der Waals surface area (Å²) in [6.45, 7) is 5.62. The molecule has 0 N–H and O–H groups in total. The first-order chi connectivity index (χ1) is 6.65. The van der Waals surface area contributed by atoms with Crippen LogP contribution in [0.5, 0.6) is 5.75 Å². The van der Waals surface area contributed by atoms with Gasteiger partial charge in [-0.05, 0) is 41.1 Å². The average molecular weight is 299 g/mol. The first kappa shape index (κ1) is 11.1. The summed E-state index contributed by atoms with van der Waals surface area (Å²) in [6, 6.07) is 4.08. The Morgan fingerprint density at radius 1 is 1.64 bits per heavy atom. The van der Waals surface area contributed by atoms with Crippen LogP contribution in [0.4, 0.5) is 0 Å². The monoisotopic (exact) mass is 299 g/mol. The molecule has 0 bridgehead atoms. The van der Waals surface area contributed by atoms with Crippen LogP contribution in [0.3, 0.4) is 0 Å². The molecule has 0 aliphatic carbocycles. The highest BCUT2D eigenvalue weighted by atomic mass is 127. The molecule has 0 saturated heterocycles.